The number of hydrogen-bond acceptors (Lipinski definition) is 9. The van der Waals surface area contributed by atoms with Crippen molar-refractivity contribution >= 4 is 29.7 Å². The number of Topliss-reactive ketones (excluding diaryl/α,β-unsaturated/α-hetero) is 1. The third-order valence-electron chi connectivity index (χ3n) is 6.29. The molecule has 0 heterocycles. The minimum atomic E-state index is -1.99. The topological polar surface area (TPSA) is 122 Å². The molecule has 2 saturated carbocycles. The van der Waals surface area contributed by atoms with E-state index in [9.17, 15) is 24.0 Å². The number of ether oxygens (including phenoxy) is 4. The number of ketones is 1. The predicted octanol–water partition coefficient (Wildman–Crippen LogP) is 1.99. The lowest BCUT2D eigenvalue weighted by Gasteiger charge is -2.26. The molecule has 0 amide bonds. The molecular weight excluding hydrogens is 408 g/mol. The fourth-order valence-electron chi connectivity index (χ4n) is 4.79. The van der Waals surface area contributed by atoms with Crippen LogP contribution >= 0.6 is 0 Å². The van der Waals surface area contributed by atoms with E-state index < -0.39 is 40.5 Å². The second-order valence-electron chi connectivity index (χ2n) is 7.96. The van der Waals surface area contributed by atoms with Crippen molar-refractivity contribution < 1.29 is 42.9 Å². The number of hydrogen-bond donors (Lipinski definition) is 0. The normalized spacial score (nSPS) is 23.8. The zero-order valence-electron chi connectivity index (χ0n) is 18.7. The van der Waals surface area contributed by atoms with Gasteiger partial charge < -0.3 is 18.9 Å². The first-order valence-corrected chi connectivity index (χ1v) is 11.0. The lowest BCUT2D eigenvalue weighted by molar-refractivity contribution is -0.175. The molecule has 0 aromatic heterocycles. The third-order valence-corrected chi connectivity index (χ3v) is 6.29. The highest BCUT2D eigenvalue weighted by atomic mass is 16.6. The Balaban J connectivity index is 2.30. The van der Waals surface area contributed by atoms with E-state index in [0.717, 1.165) is 0 Å². The average Bonchev–Trinajstić information content (AvgIpc) is 3.32. The number of esters is 4. The van der Waals surface area contributed by atoms with Crippen molar-refractivity contribution in [2.45, 2.75) is 59.8 Å². The maximum Gasteiger partial charge on any atom is 0.331 e. The van der Waals surface area contributed by atoms with Crippen LogP contribution in [0.15, 0.2) is 0 Å². The van der Waals surface area contributed by atoms with Crippen molar-refractivity contribution in [2.24, 2.45) is 22.7 Å². The van der Waals surface area contributed by atoms with Gasteiger partial charge >= 0.3 is 23.9 Å². The van der Waals surface area contributed by atoms with E-state index in [2.05, 4.69) is 0 Å². The molecule has 174 valence electrons. The second-order valence-corrected chi connectivity index (χ2v) is 7.96. The van der Waals surface area contributed by atoms with Crippen LogP contribution in [0.5, 0.6) is 0 Å². The Kier molecular flexibility index (Phi) is 8.20. The van der Waals surface area contributed by atoms with Crippen LogP contribution in [0.1, 0.15) is 59.8 Å². The van der Waals surface area contributed by atoms with Gasteiger partial charge in [0.25, 0.3) is 0 Å². The minimum Gasteiger partial charge on any atom is -0.465 e. The van der Waals surface area contributed by atoms with E-state index in [1.165, 1.54) is 0 Å². The van der Waals surface area contributed by atoms with Gasteiger partial charge in [0.05, 0.1) is 26.4 Å². The molecule has 9 heteroatoms. The van der Waals surface area contributed by atoms with Crippen molar-refractivity contribution in [3.8, 4) is 0 Å². The molecule has 0 aromatic rings. The van der Waals surface area contributed by atoms with E-state index in [-0.39, 0.29) is 63.9 Å². The summed E-state index contributed by atoms with van der Waals surface area (Å²) in [7, 11) is 0. The van der Waals surface area contributed by atoms with Crippen LogP contribution in [0.2, 0.25) is 0 Å². The highest BCUT2D eigenvalue weighted by Gasteiger charge is 2.63. The molecule has 0 N–H and O–H groups in total. The molecule has 0 spiro atoms. The Morgan fingerprint density at radius 3 is 1.65 bits per heavy atom. The molecule has 2 rings (SSSR count). The van der Waals surface area contributed by atoms with Gasteiger partial charge in [-0.2, -0.15) is 0 Å². The number of rotatable bonds is 9. The zero-order valence-corrected chi connectivity index (χ0v) is 18.7. The molecule has 0 aliphatic heterocycles. The molecule has 2 atom stereocenters. The SMILES string of the molecule is CCOC(=O)C1(C(=O)OCC)CCC(C2CC(=O)C(C(=O)OCC)(C(=O)OCC)C2)C1. The number of carbonyl (C=O) groups excluding carboxylic acids is 5. The predicted molar refractivity (Wildman–Crippen MR) is 106 cm³/mol. The van der Waals surface area contributed by atoms with Crippen LogP contribution in [0.25, 0.3) is 0 Å². The Hall–Kier alpha value is -2.45. The Morgan fingerprint density at radius 2 is 1.19 bits per heavy atom. The van der Waals surface area contributed by atoms with E-state index in [1.54, 1.807) is 27.7 Å². The molecule has 31 heavy (non-hydrogen) atoms. The maximum atomic E-state index is 12.9. The quantitative estimate of drug-likeness (QED) is 0.301. The van der Waals surface area contributed by atoms with Crippen LogP contribution in [0.3, 0.4) is 0 Å². The van der Waals surface area contributed by atoms with E-state index in [1.807, 2.05) is 0 Å². The van der Waals surface area contributed by atoms with Crippen LogP contribution in [-0.2, 0) is 42.9 Å². The Labute approximate surface area is 182 Å². The summed E-state index contributed by atoms with van der Waals surface area (Å²) in [5, 5.41) is 0. The van der Waals surface area contributed by atoms with E-state index >= 15 is 0 Å². The van der Waals surface area contributed by atoms with Gasteiger partial charge in [0.15, 0.2) is 11.2 Å². The first-order chi connectivity index (χ1) is 14.7. The van der Waals surface area contributed by atoms with Crippen molar-refractivity contribution in [1.82, 2.24) is 0 Å². The molecule has 0 aromatic carbocycles. The van der Waals surface area contributed by atoms with Crippen LogP contribution in [0.4, 0.5) is 0 Å². The molecule has 0 saturated heterocycles. The van der Waals surface area contributed by atoms with Crippen LogP contribution < -0.4 is 0 Å². The standard InChI is InChI=1S/C22H32O9/c1-5-28-17(24)21(18(25)29-6-2)10-9-14(12-21)15-11-16(23)22(13-15,19(26)30-7-3)20(27)31-8-4/h14-15H,5-13H2,1-4H3. The highest BCUT2D eigenvalue weighted by Crippen LogP contribution is 2.53. The van der Waals surface area contributed by atoms with Crippen LogP contribution in [-0.4, -0.2) is 56.1 Å². The first kappa shape index (κ1) is 24.8. The summed E-state index contributed by atoms with van der Waals surface area (Å²) in [4.78, 5) is 63.7. The lowest BCUT2D eigenvalue weighted by atomic mass is 9.79. The molecule has 2 aliphatic rings. The average molecular weight is 440 g/mol. The largest absolute Gasteiger partial charge is 0.465 e. The smallest absolute Gasteiger partial charge is 0.331 e. The monoisotopic (exact) mass is 440 g/mol. The van der Waals surface area contributed by atoms with Gasteiger partial charge in [-0.25, -0.2) is 0 Å². The molecule has 0 radical (unpaired) electrons. The highest BCUT2D eigenvalue weighted by molar-refractivity contribution is 6.21. The summed E-state index contributed by atoms with van der Waals surface area (Å²) < 4.78 is 20.4. The van der Waals surface area contributed by atoms with Gasteiger partial charge in [0.1, 0.15) is 0 Å². The summed E-state index contributed by atoms with van der Waals surface area (Å²) in [6, 6.07) is 0. The van der Waals surface area contributed by atoms with Gasteiger partial charge in [-0.05, 0) is 65.2 Å². The summed E-state index contributed by atoms with van der Waals surface area (Å²) in [5.41, 5.74) is -3.42. The van der Waals surface area contributed by atoms with Crippen LogP contribution in [0, 0.1) is 22.7 Å². The Morgan fingerprint density at radius 1 is 0.742 bits per heavy atom. The fourth-order valence-corrected chi connectivity index (χ4v) is 4.79. The summed E-state index contributed by atoms with van der Waals surface area (Å²) in [6.07, 6.45) is 0.757. The van der Waals surface area contributed by atoms with Crippen molar-refractivity contribution in [2.75, 3.05) is 26.4 Å². The minimum absolute atomic E-state index is 0.0238. The molecule has 0 bridgehead atoms. The van der Waals surface area contributed by atoms with Gasteiger partial charge in [-0.3, -0.25) is 24.0 Å². The summed E-state index contributed by atoms with van der Waals surface area (Å²) in [5.74, 6) is -4.22. The van der Waals surface area contributed by atoms with Gasteiger partial charge in [-0.1, -0.05) is 0 Å². The molecule has 2 aliphatic carbocycles. The summed E-state index contributed by atoms with van der Waals surface area (Å²) >= 11 is 0. The zero-order chi connectivity index (χ0) is 23.2. The van der Waals surface area contributed by atoms with E-state index in [0.29, 0.717) is 6.42 Å². The summed E-state index contributed by atoms with van der Waals surface area (Å²) in [6.45, 7) is 6.81. The molecule has 2 unspecified atom stereocenters. The molecule has 2 fully saturated rings. The van der Waals surface area contributed by atoms with Gasteiger partial charge in [0.2, 0.25) is 5.41 Å². The van der Waals surface area contributed by atoms with Gasteiger partial charge in [-0.15, -0.1) is 0 Å². The van der Waals surface area contributed by atoms with Gasteiger partial charge in [0, 0.05) is 6.42 Å². The maximum absolute atomic E-state index is 12.9. The molecular formula is C22H32O9. The van der Waals surface area contributed by atoms with E-state index in [4.69, 9.17) is 18.9 Å². The fraction of sp³-hybridized carbons (Fsp3) is 0.773. The van der Waals surface area contributed by atoms with Crippen molar-refractivity contribution in [3.63, 3.8) is 0 Å². The first-order valence-electron chi connectivity index (χ1n) is 11.0. The van der Waals surface area contributed by atoms with Crippen molar-refractivity contribution in [3.05, 3.63) is 0 Å². The second kappa shape index (κ2) is 10.2. The molecule has 9 nitrogen and oxygen atoms in total. The lowest BCUT2D eigenvalue weighted by Crippen LogP contribution is -2.45. The number of carbonyl (C=O) groups is 5. The van der Waals surface area contributed by atoms with Crippen molar-refractivity contribution in [1.29, 1.82) is 0 Å². The Bertz CT molecular complexity index is 690. The third kappa shape index (κ3) is 4.45.